The van der Waals surface area contributed by atoms with Gasteiger partial charge >= 0.3 is 0 Å². The Labute approximate surface area is 196 Å². The Hall–Kier alpha value is -3.40. The quantitative estimate of drug-likeness (QED) is 0.588. The summed E-state index contributed by atoms with van der Waals surface area (Å²) in [4.78, 5) is 27.9. The summed E-state index contributed by atoms with van der Waals surface area (Å²) in [5.74, 6) is 0.0745. The molecule has 33 heavy (non-hydrogen) atoms. The van der Waals surface area contributed by atoms with Gasteiger partial charge in [0.25, 0.3) is 5.91 Å². The van der Waals surface area contributed by atoms with Crippen molar-refractivity contribution in [2.24, 2.45) is 5.92 Å². The number of hydrogen-bond acceptors (Lipinski definition) is 2. The fourth-order valence-electron chi connectivity index (χ4n) is 4.72. The van der Waals surface area contributed by atoms with Crippen molar-refractivity contribution in [1.29, 1.82) is 0 Å². The van der Waals surface area contributed by atoms with Crippen LogP contribution in [0.1, 0.15) is 46.8 Å². The summed E-state index contributed by atoms with van der Waals surface area (Å²) < 4.78 is 0. The van der Waals surface area contributed by atoms with E-state index < -0.39 is 0 Å². The molecule has 4 heteroatoms. The standard InChI is InChI=1S/C29H32N2O2/c1-22-11-9-10-16-26(22)28(33)31-19-17-23(18-20-31)27(32)30-21-29(2,24-12-5-3-6-13-24)25-14-7-4-8-15-25/h3-16,23H,17-21H2,1-2H3,(H,30,32). The van der Waals surface area contributed by atoms with Crippen LogP contribution >= 0.6 is 0 Å². The number of hydrogen-bond donors (Lipinski definition) is 1. The predicted molar refractivity (Wildman–Crippen MR) is 132 cm³/mol. The second kappa shape index (κ2) is 10.0. The molecule has 0 aliphatic carbocycles. The summed E-state index contributed by atoms with van der Waals surface area (Å²) in [5, 5.41) is 3.23. The van der Waals surface area contributed by atoms with Crippen molar-refractivity contribution in [2.45, 2.75) is 32.1 Å². The van der Waals surface area contributed by atoms with Crippen molar-refractivity contribution in [3.05, 3.63) is 107 Å². The van der Waals surface area contributed by atoms with Crippen LogP contribution < -0.4 is 5.32 Å². The maximum atomic E-state index is 13.1. The third kappa shape index (κ3) is 5.00. The maximum Gasteiger partial charge on any atom is 0.254 e. The second-order valence-electron chi connectivity index (χ2n) is 9.16. The molecule has 0 unspecified atom stereocenters. The number of carbonyl (C=O) groups excluding carboxylic acids is 2. The zero-order chi connectivity index (χ0) is 23.3. The molecule has 4 rings (SSSR count). The average Bonchev–Trinajstić information content (AvgIpc) is 2.88. The molecule has 1 aliphatic heterocycles. The van der Waals surface area contributed by atoms with Crippen LogP contribution in [0.25, 0.3) is 0 Å². The normalized spacial score (nSPS) is 14.7. The molecule has 3 aromatic rings. The zero-order valence-electron chi connectivity index (χ0n) is 19.5. The van der Waals surface area contributed by atoms with E-state index in [0.29, 0.717) is 32.5 Å². The molecule has 1 N–H and O–H groups in total. The van der Waals surface area contributed by atoms with Gasteiger partial charge in [0.2, 0.25) is 5.91 Å². The van der Waals surface area contributed by atoms with Gasteiger partial charge in [0.1, 0.15) is 0 Å². The molecular weight excluding hydrogens is 408 g/mol. The molecule has 0 atom stereocenters. The Morgan fingerprint density at radius 3 is 1.91 bits per heavy atom. The highest BCUT2D eigenvalue weighted by Gasteiger charge is 2.32. The van der Waals surface area contributed by atoms with Gasteiger partial charge in [-0.2, -0.15) is 0 Å². The van der Waals surface area contributed by atoms with Crippen molar-refractivity contribution in [3.63, 3.8) is 0 Å². The first-order valence-electron chi connectivity index (χ1n) is 11.7. The number of aryl methyl sites for hydroxylation is 1. The van der Waals surface area contributed by atoms with E-state index in [9.17, 15) is 9.59 Å². The van der Waals surface area contributed by atoms with E-state index in [1.165, 1.54) is 11.1 Å². The number of carbonyl (C=O) groups is 2. The van der Waals surface area contributed by atoms with Gasteiger partial charge in [-0.1, -0.05) is 78.9 Å². The van der Waals surface area contributed by atoms with Crippen LogP contribution in [0.5, 0.6) is 0 Å². The van der Waals surface area contributed by atoms with Crippen molar-refractivity contribution in [3.8, 4) is 0 Å². The highest BCUT2D eigenvalue weighted by atomic mass is 16.2. The van der Waals surface area contributed by atoms with Crippen LogP contribution in [-0.2, 0) is 10.2 Å². The molecule has 1 saturated heterocycles. The number of amides is 2. The molecule has 0 bridgehead atoms. The summed E-state index contributed by atoms with van der Waals surface area (Å²) in [6.07, 6.45) is 1.38. The molecule has 2 amide bonds. The number of nitrogens with zero attached hydrogens (tertiary/aromatic N) is 1. The van der Waals surface area contributed by atoms with Gasteiger partial charge in [-0.25, -0.2) is 0 Å². The van der Waals surface area contributed by atoms with E-state index in [4.69, 9.17) is 0 Å². The molecule has 1 fully saturated rings. The van der Waals surface area contributed by atoms with E-state index in [-0.39, 0.29) is 23.1 Å². The summed E-state index contributed by atoms with van der Waals surface area (Å²) in [6.45, 7) is 5.90. The molecule has 1 heterocycles. The van der Waals surface area contributed by atoms with E-state index in [2.05, 4.69) is 36.5 Å². The van der Waals surface area contributed by atoms with Crippen LogP contribution in [0, 0.1) is 12.8 Å². The molecule has 170 valence electrons. The topological polar surface area (TPSA) is 49.4 Å². The Balaban J connectivity index is 1.39. The van der Waals surface area contributed by atoms with Gasteiger partial charge in [0, 0.05) is 36.5 Å². The summed E-state index contributed by atoms with van der Waals surface area (Å²) in [5.41, 5.74) is 3.77. The minimum atomic E-state index is -0.320. The van der Waals surface area contributed by atoms with Crippen molar-refractivity contribution >= 4 is 11.8 Å². The monoisotopic (exact) mass is 440 g/mol. The largest absolute Gasteiger partial charge is 0.355 e. The molecule has 0 saturated carbocycles. The lowest BCUT2D eigenvalue weighted by atomic mass is 9.76. The lowest BCUT2D eigenvalue weighted by molar-refractivity contribution is -0.126. The highest BCUT2D eigenvalue weighted by Crippen LogP contribution is 2.31. The Bertz CT molecular complexity index is 1050. The number of benzene rings is 3. The average molecular weight is 441 g/mol. The van der Waals surface area contributed by atoms with Crippen molar-refractivity contribution in [1.82, 2.24) is 10.2 Å². The first kappa shape index (κ1) is 22.8. The highest BCUT2D eigenvalue weighted by molar-refractivity contribution is 5.95. The maximum absolute atomic E-state index is 13.1. The van der Waals surface area contributed by atoms with E-state index in [1.54, 1.807) is 0 Å². The first-order valence-corrected chi connectivity index (χ1v) is 11.7. The Kier molecular flexibility index (Phi) is 6.93. The van der Waals surface area contributed by atoms with Gasteiger partial charge in [0.15, 0.2) is 0 Å². The Morgan fingerprint density at radius 2 is 1.36 bits per heavy atom. The van der Waals surface area contributed by atoms with Gasteiger partial charge in [0.05, 0.1) is 0 Å². The SMILES string of the molecule is Cc1ccccc1C(=O)N1CCC(C(=O)NCC(C)(c2ccccc2)c2ccccc2)CC1. The van der Waals surface area contributed by atoms with Gasteiger partial charge < -0.3 is 10.2 Å². The van der Waals surface area contributed by atoms with Gasteiger partial charge in [-0.3, -0.25) is 9.59 Å². The Morgan fingerprint density at radius 1 is 0.848 bits per heavy atom. The predicted octanol–water partition coefficient (Wildman–Crippen LogP) is 4.97. The summed E-state index contributed by atoms with van der Waals surface area (Å²) >= 11 is 0. The third-order valence-corrected chi connectivity index (χ3v) is 6.97. The molecule has 3 aromatic carbocycles. The van der Waals surface area contributed by atoms with Crippen LogP contribution in [-0.4, -0.2) is 36.3 Å². The molecule has 0 radical (unpaired) electrons. The van der Waals surface area contributed by atoms with Crippen molar-refractivity contribution < 1.29 is 9.59 Å². The number of likely N-dealkylation sites (tertiary alicyclic amines) is 1. The van der Waals surface area contributed by atoms with Gasteiger partial charge in [-0.15, -0.1) is 0 Å². The number of rotatable bonds is 6. The van der Waals surface area contributed by atoms with E-state index >= 15 is 0 Å². The smallest absolute Gasteiger partial charge is 0.254 e. The fraction of sp³-hybridized carbons (Fsp3) is 0.310. The van der Waals surface area contributed by atoms with E-state index in [0.717, 1.165) is 11.1 Å². The van der Waals surface area contributed by atoms with Gasteiger partial charge in [-0.05, 0) is 49.4 Å². The summed E-state index contributed by atoms with van der Waals surface area (Å²) in [6, 6.07) is 28.4. The second-order valence-corrected chi connectivity index (χ2v) is 9.16. The minimum absolute atomic E-state index is 0.0627. The fourth-order valence-corrected chi connectivity index (χ4v) is 4.72. The molecule has 1 aliphatic rings. The molecule has 4 nitrogen and oxygen atoms in total. The van der Waals surface area contributed by atoms with E-state index in [1.807, 2.05) is 72.5 Å². The van der Waals surface area contributed by atoms with Crippen LogP contribution in [0.3, 0.4) is 0 Å². The lowest BCUT2D eigenvalue weighted by Crippen LogP contribution is -2.46. The number of piperidine rings is 1. The number of nitrogens with one attached hydrogen (secondary N) is 1. The van der Waals surface area contributed by atoms with Crippen molar-refractivity contribution in [2.75, 3.05) is 19.6 Å². The minimum Gasteiger partial charge on any atom is -0.355 e. The molecule has 0 aromatic heterocycles. The lowest BCUT2D eigenvalue weighted by Gasteiger charge is -2.34. The van der Waals surface area contributed by atoms with Crippen LogP contribution in [0.2, 0.25) is 0 Å². The third-order valence-electron chi connectivity index (χ3n) is 6.97. The molecular formula is C29H32N2O2. The molecule has 0 spiro atoms. The first-order chi connectivity index (χ1) is 16.0. The summed E-state index contributed by atoms with van der Waals surface area (Å²) in [7, 11) is 0. The van der Waals surface area contributed by atoms with Crippen LogP contribution in [0.15, 0.2) is 84.9 Å². The van der Waals surface area contributed by atoms with Crippen LogP contribution in [0.4, 0.5) is 0 Å². The zero-order valence-corrected chi connectivity index (χ0v) is 19.5.